The lowest BCUT2D eigenvalue weighted by atomic mass is 9.91. The van der Waals surface area contributed by atoms with Gasteiger partial charge in [-0.15, -0.1) is 11.3 Å². The zero-order valence-electron chi connectivity index (χ0n) is 21.7. The monoisotopic (exact) mass is 475 g/mol. The smallest absolute Gasteiger partial charge is 0.0792 e. The van der Waals surface area contributed by atoms with Crippen LogP contribution in [0.4, 0.5) is 0 Å². The van der Waals surface area contributed by atoms with Gasteiger partial charge in [0.25, 0.3) is 0 Å². The topological polar surface area (TPSA) is 23.5 Å². The normalized spacial score (nSPS) is 17.0. The Hall–Kier alpha value is -1.94. The lowest BCUT2D eigenvalue weighted by molar-refractivity contribution is 0.166. The molecule has 1 aliphatic rings. The number of fused-ring (bicyclic) bond motifs is 1. The van der Waals surface area contributed by atoms with Crippen LogP contribution in [0.5, 0.6) is 0 Å². The zero-order chi connectivity index (χ0) is 24.2. The van der Waals surface area contributed by atoms with E-state index in [9.17, 15) is 5.11 Å². The van der Waals surface area contributed by atoms with Gasteiger partial charge in [-0.2, -0.15) is 0 Å². The lowest BCUT2D eigenvalue weighted by Gasteiger charge is -2.21. The van der Waals surface area contributed by atoms with E-state index in [0.29, 0.717) is 5.92 Å². The van der Waals surface area contributed by atoms with Crippen LogP contribution in [-0.2, 0) is 19.3 Å². The van der Waals surface area contributed by atoms with Crippen LogP contribution in [0.25, 0.3) is 10.4 Å². The summed E-state index contributed by atoms with van der Waals surface area (Å²) in [6.45, 7) is 11.4. The Labute approximate surface area is 210 Å². The van der Waals surface area contributed by atoms with Gasteiger partial charge in [0.15, 0.2) is 0 Å². The summed E-state index contributed by atoms with van der Waals surface area (Å²) in [5, 5.41) is 12.9. The molecule has 34 heavy (non-hydrogen) atoms. The highest BCUT2D eigenvalue weighted by Crippen LogP contribution is 2.35. The van der Waals surface area contributed by atoms with Gasteiger partial charge >= 0.3 is 0 Å². The largest absolute Gasteiger partial charge is 0.388 e. The highest BCUT2D eigenvalue weighted by atomic mass is 32.1. The van der Waals surface area contributed by atoms with Crippen molar-refractivity contribution in [3.63, 3.8) is 0 Å². The number of rotatable bonds is 8. The summed E-state index contributed by atoms with van der Waals surface area (Å²) in [6.07, 6.45) is 6.07. The Kier molecular flexibility index (Phi) is 8.29. The SMILES string of the molecule is CCN(C)C[C@H](C)Cc1cc(C)c(Cc2csc(-c3ccc4c(c3)C(O)CCCC4)c2)cc1C. The molecule has 2 aromatic carbocycles. The Morgan fingerprint density at radius 3 is 2.62 bits per heavy atom. The first-order valence-electron chi connectivity index (χ1n) is 13.0. The molecule has 1 aromatic heterocycles. The molecule has 0 saturated heterocycles. The van der Waals surface area contributed by atoms with Gasteiger partial charge in [-0.3, -0.25) is 0 Å². The van der Waals surface area contributed by atoms with Crippen molar-refractivity contribution in [2.75, 3.05) is 20.1 Å². The summed E-state index contributed by atoms with van der Waals surface area (Å²) >= 11 is 1.82. The fourth-order valence-electron chi connectivity index (χ4n) is 5.38. The second-order valence-corrected chi connectivity index (χ2v) is 11.5. The molecule has 0 bridgehead atoms. The minimum absolute atomic E-state index is 0.314. The fraction of sp³-hybridized carbons (Fsp3) is 0.484. The highest BCUT2D eigenvalue weighted by molar-refractivity contribution is 7.13. The van der Waals surface area contributed by atoms with Crippen molar-refractivity contribution in [3.05, 3.63) is 80.7 Å². The Morgan fingerprint density at radius 1 is 1.06 bits per heavy atom. The predicted octanol–water partition coefficient (Wildman–Crippen LogP) is 7.51. The van der Waals surface area contributed by atoms with Crippen molar-refractivity contribution in [2.24, 2.45) is 5.92 Å². The van der Waals surface area contributed by atoms with Crippen LogP contribution < -0.4 is 0 Å². The van der Waals surface area contributed by atoms with Gasteiger partial charge in [-0.05, 0) is 127 Å². The highest BCUT2D eigenvalue weighted by Gasteiger charge is 2.18. The van der Waals surface area contributed by atoms with E-state index in [0.717, 1.165) is 50.8 Å². The van der Waals surface area contributed by atoms with E-state index in [1.54, 1.807) is 0 Å². The van der Waals surface area contributed by atoms with Crippen LogP contribution in [0.2, 0.25) is 0 Å². The van der Waals surface area contributed by atoms with Crippen LogP contribution in [0.3, 0.4) is 0 Å². The number of aliphatic hydroxyl groups excluding tert-OH is 1. The molecule has 2 atom stereocenters. The van der Waals surface area contributed by atoms with Gasteiger partial charge in [0.1, 0.15) is 0 Å². The molecule has 1 aliphatic carbocycles. The maximum atomic E-state index is 10.6. The molecule has 0 aliphatic heterocycles. The molecule has 0 radical (unpaired) electrons. The first kappa shape index (κ1) is 25.2. The zero-order valence-corrected chi connectivity index (χ0v) is 22.5. The number of hydrogen-bond donors (Lipinski definition) is 1. The Balaban J connectivity index is 1.48. The van der Waals surface area contributed by atoms with E-state index in [1.165, 1.54) is 50.2 Å². The average Bonchev–Trinajstić information content (AvgIpc) is 3.20. The molecule has 1 N–H and O–H groups in total. The summed E-state index contributed by atoms with van der Waals surface area (Å²) in [5.41, 5.74) is 10.8. The molecule has 0 spiro atoms. The third-order valence-electron chi connectivity index (χ3n) is 7.54. The number of nitrogens with zero attached hydrogens (tertiary/aromatic N) is 1. The third kappa shape index (κ3) is 6.00. The van der Waals surface area contributed by atoms with Gasteiger partial charge in [-0.1, -0.05) is 44.5 Å². The van der Waals surface area contributed by atoms with E-state index < -0.39 is 0 Å². The summed E-state index contributed by atoms with van der Waals surface area (Å²) in [4.78, 5) is 3.70. The van der Waals surface area contributed by atoms with E-state index >= 15 is 0 Å². The molecule has 3 aromatic rings. The number of aryl methyl sites for hydroxylation is 3. The van der Waals surface area contributed by atoms with E-state index in [4.69, 9.17) is 0 Å². The maximum Gasteiger partial charge on any atom is 0.0792 e. The number of benzene rings is 2. The van der Waals surface area contributed by atoms with E-state index in [1.807, 2.05) is 11.3 Å². The summed E-state index contributed by atoms with van der Waals surface area (Å²) in [7, 11) is 2.21. The Morgan fingerprint density at radius 2 is 1.82 bits per heavy atom. The van der Waals surface area contributed by atoms with Crippen molar-refractivity contribution >= 4 is 11.3 Å². The van der Waals surface area contributed by atoms with Gasteiger partial charge in [0, 0.05) is 11.4 Å². The van der Waals surface area contributed by atoms with Crippen molar-refractivity contribution in [1.82, 2.24) is 4.90 Å². The molecule has 3 heteroatoms. The quantitative estimate of drug-likeness (QED) is 0.341. The van der Waals surface area contributed by atoms with Crippen LogP contribution in [0.15, 0.2) is 41.8 Å². The molecule has 4 rings (SSSR count). The van der Waals surface area contributed by atoms with Crippen molar-refractivity contribution in [3.8, 4) is 10.4 Å². The third-order valence-corrected chi connectivity index (χ3v) is 8.57. The van der Waals surface area contributed by atoms with Gasteiger partial charge in [-0.25, -0.2) is 0 Å². The number of thiophene rings is 1. The fourth-order valence-corrected chi connectivity index (χ4v) is 6.29. The van der Waals surface area contributed by atoms with Gasteiger partial charge in [0.05, 0.1) is 6.10 Å². The number of aliphatic hydroxyl groups is 1. The van der Waals surface area contributed by atoms with E-state index in [2.05, 4.69) is 81.4 Å². The summed E-state index contributed by atoms with van der Waals surface area (Å²) < 4.78 is 0. The predicted molar refractivity (Wildman–Crippen MR) is 147 cm³/mol. The van der Waals surface area contributed by atoms with Crippen molar-refractivity contribution in [2.45, 2.75) is 72.3 Å². The molecule has 1 unspecified atom stereocenters. The minimum atomic E-state index is -0.314. The summed E-state index contributed by atoms with van der Waals surface area (Å²) in [5.74, 6) is 0.660. The van der Waals surface area contributed by atoms with Crippen LogP contribution >= 0.6 is 11.3 Å². The lowest BCUT2D eigenvalue weighted by Crippen LogP contribution is -2.25. The maximum absolute atomic E-state index is 10.6. The van der Waals surface area contributed by atoms with Crippen molar-refractivity contribution < 1.29 is 5.11 Å². The molecular weight excluding hydrogens is 434 g/mol. The first-order valence-corrected chi connectivity index (χ1v) is 13.9. The number of hydrogen-bond acceptors (Lipinski definition) is 3. The van der Waals surface area contributed by atoms with Gasteiger partial charge in [0.2, 0.25) is 0 Å². The first-order chi connectivity index (χ1) is 16.3. The molecule has 2 nitrogen and oxygen atoms in total. The average molecular weight is 476 g/mol. The molecule has 1 heterocycles. The van der Waals surface area contributed by atoms with Crippen molar-refractivity contribution in [1.29, 1.82) is 0 Å². The molecular formula is C31H41NOS. The van der Waals surface area contributed by atoms with Gasteiger partial charge < -0.3 is 10.0 Å². The minimum Gasteiger partial charge on any atom is -0.388 e. The molecule has 0 saturated carbocycles. The van der Waals surface area contributed by atoms with Crippen LogP contribution in [0.1, 0.15) is 78.2 Å². The molecule has 182 valence electrons. The van der Waals surface area contributed by atoms with Crippen LogP contribution in [-0.4, -0.2) is 30.1 Å². The molecule has 0 fully saturated rings. The second kappa shape index (κ2) is 11.2. The molecule has 0 amide bonds. The second-order valence-electron chi connectivity index (χ2n) is 10.5. The Bertz CT molecular complexity index is 1110. The summed E-state index contributed by atoms with van der Waals surface area (Å²) in [6, 6.07) is 13.9. The van der Waals surface area contributed by atoms with E-state index in [-0.39, 0.29) is 6.10 Å². The standard InChI is InChI=1S/C31H41NOS/c1-6-32(5)19-21(2)13-27-14-23(4)28(15-22(27)3)16-24-17-31(34-20-24)26-12-11-25-9-7-8-10-30(33)29(25)18-26/h11-12,14-15,17-18,20-21,30,33H,6-10,13,16,19H2,1-5H3/t21-,30?/m1/s1. The van der Waals surface area contributed by atoms with Crippen LogP contribution in [0, 0.1) is 19.8 Å².